The van der Waals surface area contributed by atoms with Gasteiger partial charge in [-0.15, -0.1) is 0 Å². The van der Waals surface area contributed by atoms with Gasteiger partial charge in [-0.1, -0.05) is 0 Å². The van der Waals surface area contributed by atoms with E-state index in [4.69, 9.17) is 14.2 Å². The maximum Gasteiger partial charge on any atom is 0.509 e. The van der Waals surface area contributed by atoms with E-state index in [1.54, 1.807) is 20.8 Å². The highest BCUT2D eigenvalue weighted by molar-refractivity contribution is 5.61. The molecule has 1 aliphatic rings. The molecule has 0 aliphatic carbocycles. The van der Waals surface area contributed by atoms with Gasteiger partial charge in [-0.3, -0.25) is 14.3 Å². The summed E-state index contributed by atoms with van der Waals surface area (Å²) < 4.78 is 30.5. The Morgan fingerprint density at radius 2 is 2.12 bits per heavy atom. The Bertz CT molecular complexity index is 708. The molecule has 134 valence electrons. The summed E-state index contributed by atoms with van der Waals surface area (Å²) in [6, 6.07) is 1.02. The predicted octanol–water partition coefficient (Wildman–Crippen LogP) is 0.0847. The van der Waals surface area contributed by atoms with Crippen LogP contribution in [0.5, 0.6) is 0 Å². The van der Waals surface area contributed by atoms with Crippen molar-refractivity contribution in [1.82, 2.24) is 9.55 Å². The van der Waals surface area contributed by atoms with Gasteiger partial charge < -0.3 is 19.3 Å². The lowest BCUT2D eigenvalue weighted by Crippen LogP contribution is -2.39. The molecule has 1 aromatic rings. The van der Waals surface area contributed by atoms with Crippen LogP contribution in [0.25, 0.3) is 0 Å². The first-order chi connectivity index (χ1) is 11.1. The second kappa shape index (κ2) is 6.73. The minimum absolute atomic E-state index is 0.636. The largest absolute Gasteiger partial charge is 0.509 e. The third-order valence-corrected chi connectivity index (χ3v) is 3.19. The number of aromatic nitrogens is 2. The summed E-state index contributed by atoms with van der Waals surface area (Å²) in [5.41, 5.74) is -2.37. The molecule has 1 aromatic heterocycles. The molecule has 4 atom stereocenters. The van der Waals surface area contributed by atoms with Gasteiger partial charge in [0.15, 0.2) is 18.5 Å². The molecule has 0 aromatic carbocycles. The normalized spacial score (nSPS) is 27.0. The summed E-state index contributed by atoms with van der Waals surface area (Å²) in [5, 5.41) is 9.31. The summed E-state index contributed by atoms with van der Waals surface area (Å²) >= 11 is 0. The highest BCUT2D eigenvalue weighted by atomic mass is 19.1. The monoisotopic (exact) mass is 346 g/mol. The second-order valence-electron chi connectivity index (χ2n) is 6.26. The van der Waals surface area contributed by atoms with Crippen LogP contribution in [0.15, 0.2) is 21.9 Å². The summed E-state index contributed by atoms with van der Waals surface area (Å²) in [5.74, 6) is 0. The fourth-order valence-corrected chi connectivity index (χ4v) is 2.22. The summed E-state index contributed by atoms with van der Waals surface area (Å²) in [6.07, 6.45) is -6.11. The van der Waals surface area contributed by atoms with E-state index < -0.39 is 54.2 Å². The number of carbonyl (C=O) groups is 1. The minimum atomic E-state index is -1.95. The van der Waals surface area contributed by atoms with Gasteiger partial charge in [-0.25, -0.2) is 14.0 Å². The molecule has 0 amide bonds. The molecule has 1 fully saturated rings. The molecular formula is C14H19FN2O7. The van der Waals surface area contributed by atoms with E-state index in [9.17, 15) is 23.9 Å². The van der Waals surface area contributed by atoms with Crippen molar-refractivity contribution in [1.29, 1.82) is 0 Å². The third kappa shape index (κ3) is 4.01. The number of aliphatic hydroxyl groups excluding tert-OH is 1. The van der Waals surface area contributed by atoms with Crippen molar-refractivity contribution in [3.8, 4) is 0 Å². The molecule has 0 bridgehead atoms. The van der Waals surface area contributed by atoms with E-state index in [1.165, 1.54) is 0 Å². The number of nitrogens with one attached hydrogen (secondary N) is 1. The fraction of sp³-hybridized carbons (Fsp3) is 0.643. The van der Waals surface area contributed by atoms with Gasteiger partial charge in [-0.05, 0) is 20.8 Å². The van der Waals surface area contributed by atoms with Crippen molar-refractivity contribution in [2.45, 2.75) is 51.0 Å². The number of alkyl halides is 1. The number of H-pyrrole nitrogens is 1. The topological polar surface area (TPSA) is 120 Å². The molecule has 2 heterocycles. The fourth-order valence-electron chi connectivity index (χ4n) is 2.22. The van der Waals surface area contributed by atoms with E-state index in [-0.39, 0.29) is 0 Å². The highest BCUT2D eigenvalue weighted by Gasteiger charge is 2.49. The zero-order valence-electron chi connectivity index (χ0n) is 13.4. The Kier molecular flexibility index (Phi) is 5.09. The molecule has 2 rings (SSSR count). The van der Waals surface area contributed by atoms with Gasteiger partial charge in [0.05, 0.1) is 6.61 Å². The number of rotatable bonds is 3. The van der Waals surface area contributed by atoms with Crippen LogP contribution in [0.1, 0.15) is 27.0 Å². The van der Waals surface area contributed by atoms with Crippen LogP contribution in [-0.2, 0) is 14.2 Å². The van der Waals surface area contributed by atoms with E-state index in [0.29, 0.717) is 0 Å². The Morgan fingerprint density at radius 3 is 2.67 bits per heavy atom. The number of carbonyl (C=O) groups excluding carboxylic acids is 1. The number of ether oxygens (including phenoxy) is 3. The molecule has 0 radical (unpaired) electrons. The molecular weight excluding hydrogens is 327 g/mol. The average molecular weight is 346 g/mol. The summed E-state index contributed by atoms with van der Waals surface area (Å²) in [4.78, 5) is 36.5. The molecule has 2 N–H and O–H groups in total. The first-order valence-electron chi connectivity index (χ1n) is 7.24. The summed E-state index contributed by atoms with van der Waals surface area (Å²) in [7, 11) is 0. The van der Waals surface area contributed by atoms with Crippen LogP contribution >= 0.6 is 0 Å². The number of nitrogens with zero attached hydrogens (tertiary/aromatic N) is 1. The first kappa shape index (κ1) is 18.1. The molecule has 9 nitrogen and oxygen atoms in total. The maximum atomic E-state index is 14.6. The zero-order chi connectivity index (χ0) is 18.1. The number of hydrogen-bond donors (Lipinski definition) is 2. The lowest BCUT2D eigenvalue weighted by Gasteiger charge is -2.23. The minimum Gasteiger partial charge on any atom is -0.429 e. The predicted molar refractivity (Wildman–Crippen MR) is 78.3 cm³/mol. The van der Waals surface area contributed by atoms with Crippen LogP contribution in [0.2, 0.25) is 0 Å². The van der Waals surface area contributed by atoms with E-state index in [0.717, 1.165) is 16.8 Å². The molecule has 1 saturated heterocycles. The average Bonchev–Trinajstić information content (AvgIpc) is 2.74. The van der Waals surface area contributed by atoms with Crippen LogP contribution in [0.3, 0.4) is 0 Å². The number of hydrogen-bond acceptors (Lipinski definition) is 7. The second-order valence-corrected chi connectivity index (χ2v) is 6.26. The van der Waals surface area contributed by atoms with Gasteiger partial charge in [-0.2, -0.15) is 0 Å². The number of halogens is 1. The molecule has 24 heavy (non-hydrogen) atoms. The van der Waals surface area contributed by atoms with Gasteiger partial charge in [0.1, 0.15) is 11.7 Å². The van der Waals surface area contributed by atoms with Crippen LogP contribution in [-0.4, -0.2) is 51.4 Å². The Hall–Kier alpha value is -2.20. The number of aliphatic hydroxyl groups is 1. The quantitative estimate of drug-likeness (QED) is 0.744. The standard InChI is InChI=1S/C14H19FN2O7/c1-14(2,3)24-13(21)23-10-7(6-18)22-11(9(10)15)17-5-4-8(19)16-12(17)20/h4-5,7,9-11,18H,6H2,1-3H3,(H,16,19,20)/t7-,9-,10-,11-/m1/s1. The summed E-state index contributed by atoms with van der Waals surface area (Å²) in [6.45, 7) is 4.19. The van der Waals surface area contributed by atoms with Crippen molar-refractivity contribution in [2.24, 2.45) is 0 Å². The highest BCUT2D eigenvalue weighted by Crippen LogP contribution is 2.33. The Labute approximate surface area is 136 Å². The maximum absolute atomic E-state index is 14.6. The lowest BCUT2D eigenvalue weighted by atomic mass is 10.1. The Balaban J connectivity index is 2.20. The van der Waals surface area contributed by atoms with Crippen LogP contribution in [0.4, 0.5) is 9.18 Å². The third-order valence-electron chi connectivity index (χ3n) is 3.19. The van der Waals surface area contributed by atoms with Crippen molar-refractivity contribution < 1.29 is 28.5 Å². The van der Waals surface area contributed by atoms with Crippen molar-refractivity contribution in [3.05, 3.63) is 33.1 Å². The van der Waals surface area contributed by atoms with Gasteiger partial charge in [0.2, 0.25) is 0 Å². The van der Waals surface area contributed by atoms with Crippen molar-refractivity contribution >= 4 is 6.16 Å². The smallest absolute Gasteiger partial charge is 0.429 e. The molecule has 0 saturated carbocycles. The van der Waals surface area contributed by atoms with Gasteiger partial charge in [0, 0.05) is 12.3 Å². The van der Waals surface area contributed by atoms with E-state index in [2.05, 4.69) is 0 Å². The van der Waals surface area contributed by atoms with Gasteiger partial charge >= 0.3 is 11.8 Å². The van der Waals surface area contributed by atoms with E-state index in [1.807, 2.05) is 4.98 Å². The van der Waals surface area contributed by atoms with Crippen molar-refractivity contribution in [2.75, 3.05) is 6.61 Å². The van der Waals surface area contributed by atoms with E-state index >= 15 is 0 Å². The van der Waals surface area contributed by atoms with Crippen LogP contribution in [0, 0.1) is 0 Å². The molecule has 1 aliphatic heterocycles. The molecule has 10 heteroatoms. The first-order valence-corrected chi connectivity index (χ1v) is 7.24. The van der Waals surface area contributed by atoms with Crippen molar-refractivity contribution in [3.63, 3.8) is 0 Å². The number of aromatic amines is 1. The SMILES string of the molecule is CC(C)(C)OC(=O)O[C@H]1[C@@H](F)[C@H](n2ccc(=O)[nH]c2=O)O[C@@H]1CO. The zero-order valence-corrected chi connectivity index (χ0v) is 13.4. The van der Waals surface area contributed by atoms with Gasteiger partial charge in [0.25, 0.3) is 5.56 Å². The lowest BCUT2D eigenvalue weighted by molar-refractivity contribution is -0.0691. The van der Waals surface area contributed by atoms with Crippen LogP contribution < -0.4 is 11.2 Å². The Morgan fingerprint density at radius 1 is 1.46 bits per heavy atom. The molecule has 0 unspecified atom stereocenters. The molecule has 0 spiro atoms.